The summed E-state index contributed by atoms with van der Waals surface area (Å²) in [7, 11) is 0. The molecule has 0 saturated heterocycles. The number of para-hydroxylation sites is 1. The van der Waals surface area contributed by atoms with Crippen molar-refractivity contribution in [2.75, 3.05) is 6.61 Å². The van der Waals surface area contributed by atoms with E-state index in [4.69, 9.17) is 10.5 Å². The molecule has 4 nitrogen and oxygen atoms in total. The fourth-order valence-electron chi connectivity index (χ4n) is 1.79. The first-order valence-electron chi connectivity index (χ1n) is 6.81. The highest BCUT2D eigenvalue weighted by atomic mass is 16.5. The molecular weight excluding hydrogens is 240 g/mol. The lowest BCUT2D eigenvalue weighted by Gasteiger charge is -2.15. The first-order chi connectivity index (χ1) is 9.04. The Morgan fingerprint density at radius 1 is 1.37 bits per heavy atom. The Kier molecular flexibility index (Phi) is 6.36. The van der Waals surface area contributed by atoms with E-state index in [9.17, 15) is 4.79 Å². The number of amides is 1. The first kappa shape index (κ1) is 15.5. The number of carbonyl (C=O) groups excluding carboxylic acids is 1. The number of carbonyl (C=O) groups is 1. The molecule has 1 atom stereocenters. The molecule has 0 saturated carbocycles. The van der Waals surface area contributed by atoms with E-state index in [1.807, 2.05) is 45.0 Å². The minimum Gasteiger partial charge on any atom is -0.493 e. The third-order valence-electron chi connectivity index (χ3n) is 2.79. The van der Waals surface area contributed by atoms with E-state index in [0.717, 1.165) is 17.7 Å². The Bertz CT molecular complexity index is 405. The van der Waals surface area contributed by atoms with Crippen LogP contribution in [0.5, 0.6) is 5.75 Å². The van der Waals surface area contributed by atoms with Gasteiger partial charge in [-0.05, 0) is 26.3 Å². The molecule has 0 unspecified atom stereocenters. The number of benzene rings is 1. The zero-order valence-corrected chi connectivity index (χ0v) is 12.0. The van der Waals surface area contributed by atoms with Crippen LogP contribution in [-0.4, -0.2) is 18.6 Å². The fraction of sp³-hybridized carbons (Fsp3) is 0.533. The van der Waals surface area contributed by atoms with Crippen LogP contribution >= 0.6 is 0 Å². The van der Waals surface area contributed by atoms with E-state index in [-0.39, 0.29) is 18.0 Å². The Labute approximate surface area is 115 Å². The number of nitrogens with one attached hydrogen (secondary N) is 1. The van der Waals surface area contributed by atoms with E-state index in [0.29, 0.717) is 13.0 Å². The second-order valence-corrected chi connectivity index (χ2v) is 4.87. The lowest BCUT2D eigenvalue weighted by molar-refractivity contribution is -0.122. The second-order valence-electron chi connectivity index (χ2n) is 4.87. The van der Waals surface area contributed by atoms with Crippen LogP contribution < -0.4 is 15.8 Å². The van der Waals surface area contributed by atoms with Crippen molar-refractivity contribution in [1.82, 2.24) is 5.32 Å². The lowest BCUT2D eigenvalue weighted by atomic mass is 10.0. The molecule has 0 aliphatic carbocycles. The Morgan fingerprint density at radius 2 is 2.05 bits per heavy atom. The van der Waals surface area contributed by atoms with E-state index < -0.39 is 0 Å². The van der Waals surface area contributed by atoms with Gasteiger partial charge < -0.3 is 15.8 Å². The number of hydrogen-bond acceptors (Lipinski definition) is 3. The average Bonchev–Trinajstić information content (AvgIpc) is 2.37. The van der Waals surface area contributed by atoms with Gasteiger partial charge in [0.1, 0.15) is 5.75 Å². The SMILES string of the molecule is CC[C@@H](N)c1ccccc1OCCC(=O)NC(C)C. The lowest BCUT2D eigenvalue weighted by Crippen LogP contribution is -2.31. The molecule has 1 rings (SSSR count). The van der Waals surface area contributed by atoms with Gasteiger partial charge in [-0.1, -0.05) is 25.1 Å². The van der Waals surface area contributed by atoms with E-state index >= 15 is 0 Å². The van der Waals surface area contributed by atoms with E-state index in [1.165, 1.54) is 0 Å². The van der Waals surface area contributed by atoms with Gasteiger partial charge in [0.2, 0.25) is 5.91 Å². The zero-order valence-electron chi connectivity index (χ0n) is 12.0. The van der Waals surface area contributed by atoms with Gasteiger partial charge in [0, 0.05) is 17.6 Å². The van der Waals surface area contributed by atoms with Gasteiger partial charge >= 0.3 is 0 Å². The predicted molar refractivity (Wildman–Crippen MR) is 77.1 cm³/mol. The van der Waals surface area contributed by atoms with Crippen molar-refractivity contribution in [3.63, 3.8) is 0 Å². The predicted octanol–water partition coefficient (Wildman–Crippen LogP) is 2.39. The fourth-order valence-corrected chi connectivity index (χ4v) is 1.79. The summed E-state index contributed by atoms with van der Waals surface area (Å²) in [6.45, 7) is 6.28. The third-order valence-corrected chi connectivity index (χ3v) is 2.79. The second kappa shape index (κ2) is 7.79. The van der Waals surface area contributed by atoms with Crippen molar-refractivity contribution in [3.05, 3.63) is 29.8 Å². The summed E-state index contributed by atoms with van der Waals surface area (Å²) in [6.07, 6.45) is 1.21. The van der Waals surface area contributed by atoms with Crippen molar-refractivity contribution in [2.24, 2.45) is 5.73 Å². The molecule has 1 aromatic rings. The maximum Gasteiger partial charge on any atom is 0.223 e. The zero-order chi connectivity index (χ0) is 14.3. The molecule has 106 valence electrons. The Balaban J connectivity index is 2.51. The summed E-state index contributed by atoms with van der Waals surface area (Å²) < 4.78 is 5.67. The normalized spacial score (nSPS) is 12.3. The number of ether oxygens (including phenoxy) is 1. The van der Waals surface area contributed by atoms with Crippen LogP contribution in [0.2, 0.25) is 0 Å². The summed E-state index contributed by atoms with van der Waals surface area (Å²) in [5, 5.41) is 2.83. The van der Waals surface area contributed by atoms with Crippen LogP contribution in [0.1, 0.15) is 45.2 Å². The van der Waals surface area contributed by atoms with Crippen LogP contribution in [0, 0.1) is 0 Å². The highest BCUT2D eigenvalue weighted by Gasteiger charge is 2.10. The molecular formula is C15H24N2O2. The van der Waals surface area contributed by atoms with Gasteiger partial charge in [-0.15, -0.1) is 0 Å². The van der Waals surface area contributed by atoms with Crippen LogP contribution in [0.15, 0.2) is 24.3 Å². The van der Waals surface area contributed by atoms with Gasteiger partial charge in [0.15, 0.2) is 0 Å². The van der Waals surface area contributed by atoms with E-state index in [2.05, 4.69) is 5.32 Å². The minimum atomic E-state index is -0.0271. The monoisotopic (exact) mass is 264 g/mol. The van der Waals surface area contributed by atoms with Crippen molar-refractivity contribution >= 4 is 5.91 Å². The topological polar surface area (TPSA) is 64.3 Å². The van der Waals surface area contributed by atoms with Gasteiger partial charge in [0.25, 0.3) is 0 Å². The van der Waals surface area contributed by atoms with Crippen molar-refractivity contribution in [2.45, 2.75) is 45.7 Å². The molecule has 0 aliphatic rings. The molecule has 0 aliphatic heterocycles. The molecule has 0 aromatic heterocycles. The molecule has 0 radical (unpaired) electrons. The van der Waals surface area contributed by atoms with Gasteiger partial charge in [0.05, 0.1) is 13.0 Å². The molecule has 19 heavy (non-hydrogen) atoms. The molecule has 4 heteroatoms. The number of hydrogen-bond donors (Lipinski definition) is 2. The van der Waals surface area contributed by atoms with Crippen molar-refractivity contribution < 1.29 is 9.53 Å². The molecule has 1 aromatic carbocycles. The Hall–Kier alpha value is -1.55. The third kappa shape index (κ3) is 5.30. The number of nitrogens with two attached hydrogens (primary N) is 1. The van der Waals surface area contributed by atoms with Gasteiger partial charge in [-0.3, -0.25) is 4.79 Å². The highest BCUT2D eigenvalue weighted by Crippen LogP contribution is 2.25. The average molecular weight is 264 g/mol. The highest BCUT2D eigenvalue weighted by molar-refractivity contribution is 5.76. The maximum absolute atomic E-state index is 11.5. The van der Waals surface area contributed by atoms with Crippen LogP contribution in [0.3, 0.4) is 0 Å². The quantitative estimate of drug-likeness (QED) is 0.794. The molecule has 1 amide bonds. The van der Waals surface area contributed by atoms with Gasteiger partial charge in [-0.2, -0.15) is 0 Å². The van der Waals surface area contributed by atoms with Crippen molar-refractivity contribution in [3.8, 4) is 5.75 Å². The molecule has 0 fully saturated rings. The summed E-state index contributed by atoms with van der Waals surface area (Å²) in [5.74, 6) is 0.779. The molecule has 0 bridgehead atoms. The smallest absolute Gasteiger partial charge is 0.223 e. The standard InChI is InChI=1S/C15H24N2O2/c1-4-13(16)12-7-5-6-8-14(12)19-10-9-15(18)17-11(2)3/h5-8,11,13H,4,9-10,16H2,1-3H3,(H,17,18)/t13-/m1/s1. The van der Waals surface area contributed by atoms with E-state index in [1.54, 1.807) is 0 Å². The minimum absolute atomic E-state index is 0.00673. The molecule has 0 heterocycles. The largest absolute Gasteiger partial charge is 0.493 e. The van der Waals surface area contributed by atoms with Crippen LogP contribution in [-0.2, 0) is 4.79 Å². The number of rotatable bonds is 7. The summed E-state index contributed by atoms with van der Waals surface area (Å²) in [4.78, 5) is 11.5. The molecule has 3 N–H and O–H groups in total. The van der Waals surface area contributed by atoms with Gasteiger partial charge in [-0.25, -0.2) is 0 Å². The maximum atomic E-state index is 11.5. The summed E-state index contributed by atoms with van der Waals surface area (Å²) in [5.41, 5.74) is 7.03. The first-order valence-corrected chi connectivity index (χ1v) is 6.81. The van der Waals surface area contributed by atoms with Crippen LogP contribution in [0.25, 0.3) is 0 Å². The Morgan fingerprint density at radius 3 is 2.68 bits per heavy atom. The summed E-state index contributed by atoms with van der Waals surface area (Å²) in [6, 6.07) is 7.86. The summed E-state index contributed by atoms with van der Waals surface area (Å²) >= 11 is 0. The van der Waals surface area contributed by atoms with Crippen molar-refractivity contribution in [1.29, 1.82) is 0 Å². The van der Waals surface area contributed by atoms with Crippen LogP contribution in [0.4, 0.5) is 0 Å². The molecule has 0 spiro atoms.